The minimum atomic E-state index is -0.667. The second-order valence-electron chi connectivity index (χ2n) is 7.51. The van der Waals surface area contributed by atoms with Crippen LogP contribution in [0.2, 0.25) is 10.0 Å². The highest BCUT2D eigenvalue weighted by atomic mass is 35.5. The van der Waals surface area contributed by atoms with Crippen LogP contribution in [-0.4, -0.2) is 10.7 Å². The maximum atomic E-state index is 11.5. The van der Waals surface area contributed by atoms with E-state index in [4.69, 9.17) is 23.2 Å². The van der Waals surface area contributed by atoms with Gasteiger partial charge < -0.3 is 5.11 Å². The third-order valence-corrected chi connectivity index (χ3v) is 7.01. The second-order valence-corrected chi connectivity index (χ2v) is 8.32. The van der Waals surface area contributed by atoms with Crippen LogP contribution in [0.4, 0.5) is 0 Å². The van der Waals surface area contributed by atoms with Gasteiger partial charge in [-0.25, -0.2) is 0 Å². The fraction of sp³-hybridized carbons (Fsp3) is 0.647. The molecule has 2 fully saturated rings. The van der Waals surface area contributed by atoms with Gasteiger partial charge in [-0.1, -0.05) is 50.0 Å². The van der Waals surface area contributed by atoms with E-state index in [0.717, 1.165) is 18.4 Å². The lowest BCUT2D eigenvalue weighted by atomic mass is 9.58. The Balaban J connectivity index is 1.98. The summed E-state index contributed by atoms with van der Waals surface area (Å²) in [7, 11) is 0. The Morgan fingerprint density at radius 1 is 1.20 bits per heavy atom. The lowest BCUT2D eigenvalue weighted by Crippen LogP contribution is -2.55. The van der Waals surface area contributed by atoms with Gasteiger partial charge in [-0.15, -0.1) is 0 Å². The van der Waals surface area contributed by atoms with Gasteiger partial charge in [-0.2, -0.15) is 0 Å². The summed E-state index contributed by atoms with van der Waals surface area (Å²) < 4.78 is 0. The molecule has 2 bridgehead atoms. The average molecular weight is 313 g/mol. The molecule has 0 radical (unpaired) electrons. The summed E-state index contributed by atoms with van der Waals surface area (Å²) >= 11 is 12.1. The highest BCUT2D eigenvalue weighted by molar-refractivity contribution is 6.42. The standard InChI is InChI=1S/C17H22Cl2O/c1-15(2)12-6-7-16(3,10-12)17(15,20)9-11-4-5-13(18)14(19)8-11/h4-5,8,12,20H,6-7,9-10H2,1-3H3. The zero-order valence-electron chi connectivity index (χ0n) is 12.3. The lowest BCUT2D eigenvalue weighted by Gasteiger charge is -2.51. The van der Waals surface area contributed by atoms with E-state index in [1.54, 1.807) is 0 Å². The van der Waals surface area contributed by atoms with E-state index in [1.165, 1.54) is 6.42 Å². The molecule has 1 aromatic carbocycles. The maximum Gasteiger partial charge on any atom is 0.0794 e. The molecule has 1 nitrogen and oxygen atoms in total. The Morgan fingerprint density at radius 2 is 1.90 bits per heavy atom. The Kier molecular flexibility index (Phi) is 3.22. The van der Waals surface area contributed by atoms with Crippen molar-refractivity contribution in [1.29, 1.82) is 0 Å². The predicted molar refractivity (Wildman–Crippen MR) is 84.3 cm³/mol. The molecule has 3 rings (SSSR count). The molecule has 3 atom stereocenters. The SMILES string of the molecule is CC12CCC(C1)C(C)(C)C2(O)Cc1ccc(Cl)c(Cl)c1. The minimum absolute atomic E-state index is 0.0211. The van der Waals surface area contributed by atoms with Gasteiger partial charge in [0.25, 0.3) is 0 Å². The number of halogens is 2. The van der Waals surface area contributed by atoms with E-state index >= 15 is 0 Å². The number of benzene rings is 1. The van der Waals surface area contributed by atoms with Crippen molar-refractivity contribution in [3.05, 3.63) is 33.8 Å². The fourth-order valence-corrected chi connectivity index (χ4v) is 5.05. The van der Waals surface area contributed by atoms with Gasteiger partial charge in [0.05, 0.1) is 15.6 Å². The Hall–Kier alpha value is -0.240. The first kappa shape index (κ1) is 14.7. The molecular weight excluding hydrogens is 291 g/mol. The van der Waals surface area contributed by atoms with E-state index in [0.29, 0.717) is 22.4 Å². The summed E-state index contributed by atoms with van der Waals surface area (Å²) in [5.74, 6) is 0.625. The van der Waals surface area contributed by atoms with Gasteiger partial charge in [0.2, 0.25) is 0 Å². The number of hydrogen-bond acceptors (Lipinski definition) is 1. The molecule has 0 aliphatic heterocycles. The van der Waals surface area contributed by atoms with Crippen LogP contribution in [0.15, 0.2) is 18.2 Å². The van der Waals surface area contributed by atoms with Crippen molar-refractivity contribution in [2.75, 3.05) is 0 Å². The Bertz CT molecular complexity index is 547. The van der Waals surface area contributed by atoms with Gasteiger partial charge >= 0.3 is 0 Å². The fourth-order valence-electron chi connectivity index (χ4n) is 4.73. The second kappa shape index (κ2) is 4.38. The Labute approximate surface area is 131 Å². The zero-order valence-corrected chi connectivity index (χ0v) is 13.9. The molecule has 3 heteroatoms. The van der Waals surface area contributed by atoms with Crippen molar-refractivity contribution >= 4 is 23.2 Å². The Morgan fingerprint density at radius 3 is 2.45 bits per heavy atom. The summed E-state index contributed by atoms with van der Waals surface area (Å²) in [5, 5.41) is 12.6. The largest absolute Gasteiger partial charge is 0.388 e. The average Bonchev–Trinajstić information content (AvgIpc) is 2.82. The summed E-state index contributed by atoms with van der Waals surface area (Å²) in [6.07, 6.45) is 4.16. The number of fused-ring (bicyclic) bond motifs is 2. The molecule has 1 N–H and O–H groups in total. The predicted octanol–water partition coefficient (Wildman–Crippen LogP) is 5.11. The summed E-state index contributed by atoms with van der Waals surface area (Å²) in [6.45, 7) is 6.69. The third-order valence-electron chi connectivity index (χ3n) is 6.27. The van der Waals surface area contributed by atoms with Crippen LogP contribution in [0.3, 0.4) is 0 Å². The van der Waals surface area contributed by atoms with Crippen LogP contribution in [0.5, 0.6) is 0 Å². The summed E-state index contributed by atoms with van der Waals surface area (Å²) in [4.78, 5) is 0. The van der Waals surface area contributed by atoms with E-state index in [9.17, 15) is 5.11 Å². The van der Waals surface area contributed by atoms with Crippen LogP contribution in [-0.2, 0) is 6.42 Å². The number of rotatable bonds is 2. The van der Waals surface area contributed by atoms with E-state index in [-0.39, 0.29) is 10.8 Å². The van der Waals surface area contributed by atoms with Crippen LogP contribution in [0, 0.1) is 16.7 Å². The van der Waals surface area contributed by atoms with Gasteiger partial charge in [0.15, 0.2) is 0 Å². The van der Waals surface area contributed by atoms with Gasteiger partial charge in [-0.3, -0.25) is 0 Å². The minimum Gasteiger partial charge on any atom is -0.388 e. The van der Waals surface area contributed by atoms with Crippen LogP contribution in [0.25, 0.3) is 0 Å². The molecule has 0 saturated heterocycles. The van der Waals surface area contributed by atoms with Crippen LogP contribution >= 0.6 is 23.2 Å². The van der Waals surface area contributed by atoms with Crippen molar-refractivity contribution in [3.63, 3.8) is 0 Å². The smallest absolute Gasteiger partial charge is 0.0794 e. The molecule has 20 heavy (non-hydrogen) atoms. The number of hydrogen-bond donors (Lipinski definition) is 1. The molecule has 0 spiro atoms. The first-order chi connectivity index (χ1) is 9.20. The normalized spacial score (nSPS) is 38.4. The monoisotopic (exact) mass is 312 g/mol. The molecule has 0 heterocycles. The zero-order chi connectivity index (χ0) is 14.8. The molecule has 2 saturated carbocycles. The van der Waals surface area contributed by atoms with Gasteiger partial charge in [0, 0.05) is 6.42 Å². The molecular formula is C17H22Cl2O. The molecule has 110 valence electrons. The molecule has 0 aromatic heterocycles. The lowest BCUT2D eigenvalue weighted by molar-refractivity contribution is -0.141. The van der Waals surface area contributed by atoms with Gasteiger partial charge in [0.1, 0.15) is 0 Å². The van der Waals surface area contributed by atoms with Crippen molar-refractivity contribution in [2.45, 2.75) is 52.1 Å². The summed E-state index contributed by atoms with van der Waals surface area (Å²) in [5.41, 5.74) is 0.378. The first-order valence-corrected chi connectivity index (χ1v) is 8.11. The summed E-state index contributed by atoms with van der Waals surface area (Å²) in [6, 6.07) is 5.70. The van der Waals surface area contributed by atoms with Crippen LogP contribution < -0.4 is 0 Å². The molecule has 0 amide bonds. The number of aliphatic hydroxyl groups is 1. The molecule has 2 aliphatic carbocycles. The molecule has 1 aromatic rings. The topological polar surface area (TPSA) is 20.2 Å². The van der Waals surface area contributed by atoms with Crippen molar-refractivity contribution in [1.82, 2.24) is 0 Å². The van der Waals surface area contributed by atoms with E-state index in [1.807, 2.05) is 18.2 Å². The third kappa shape index (κ3) is 1.79. The van der Waals surface area contributed by atoms with Crippen molar-refractivity contribution in [3.8, 4) is 0 Å². The highest BCUT2D eigenvalue weighted by Gasteiger charge is 2.67. The van der Waals surface area contributed by atoms with Crippen molar-refractivity contribution in [2.24, 2.45) is 16.7 Å². The maximum absolute atomic E-state index is 11.5. The highest BCUT2D eigenvalue weighted by Crippen LogP contribution is 2.68. The van der Waals surface area contributed by atoms with Crippen molar-refractivity contribution < 1.29 is 5.11 Å². The quantitative estimate of drug-likeness (QED) is 0.804. The van der Waals surface area contributed by atoms with Crippen LogP contribution in [0.1, 0.15) is 45.6 Å². The van der Waals surface area contributed by atoms with E-state index < -0.39 is 5.60 Å². The van der Waals surface area contributed by atoms with Gasteiger partial charge in [-0.05, 0) is 53.7 Å². The first-order valence-electron chi connectivity index (χ1n) is 7.36. The molecule has 3 unspecified atom stereocenters. The van der Waals surface area contributed by atoms with E-state index in [2.05, 4.69) is 20.8 Å². The molecule has 2 aliphatic rings.